The number of rotatable bonds is 5. The van der Waals surface area contributed by atoms with Crippen LogP contribution in [-0.2, 0) is 11.8 Å². The van der Waals surface area contributed by atoms with Crippen LogP contribution in [0.15, 0.2) is 12.5 Å². The lowest BCUT2D eigenvalue weighted by Gasteiger charge is -2.35. The van der Waals surface area contributed by atoms with Crippen molar-refractivity contribution in [2.75, 3.05) is 53.4 Å². The summed E-state index contributed by atoms with van der Waals surface area (Å²) in [5, 5.41) is 16.8. The van der Waals surface area contributed by atoms with Gasteiger partial charge < -0.3 is 24.6 Å². The molecule has 1 unspecified atom stereocenters. The number of aliphatic hydroxyl groups excluding tert-OH is 1. The Morgan fingerprint density at radius 1 is 1.38 bits per heavy atom. The number of carbonyl (C=O) groups excluding carboxylic acids is 1. The lowest BCUT2D eigenvalue weighted by Crippen LogP contribution is -2.51. The van der Waals surface area contributed by atoms with E-state index in [9.17, 15) is 9.90 Å². The van der Waals surface area contributed by atoms with Gasteiger partial charge in [0, 0.05) is 46.3 Å². The van der Waals surface area contributed by atoms with E-state index in [1.54, 1.807) is 17.1 Å². The summed E-state index contributed by atoms with van der Waals surface area (Å²) in [7, 11) is 5.73. The third-order valence-electron chi connectivity index (χ3n) is 3.74. The second-order valence-corrected chi connectivity index (χ2v) is 6.00. The summed E-state index contributed by atoms with van der Waals surface area (Å²) in [6, 6.07) is 0. The van der Waals surface area contributed by atoms with Crippen LogP contribution in [0.2, 0.25) is 0 Å². The van der Waals surface area contributed by atoms with Crippen molar-refractivity contribution in [3.63, 3.8) is 0 Å². The average Bonchev–Trinajstić information content (AvgIpc) is 2.93. The summed E-state index contributed by atoms with van der Waals surface area (Å²) in [6.07, 6.45) is 2.90. The summed E-state index contributed by atoms with van der Waals surface area (Å²) in [4.78, 5) is 30.7. The summed E-state index contributed by atoms with van der Waals surface area (Å²) >= 11 is 0. The second kappa shape index (κ2) is 10.0. The highest BCUT2D eigenvalue weighted by Gasteiger charge is 2.24. The van der Waals surface area contributed by atoms with E-state index in [1.807, 2.05) is 30.9 Å². The molecular formula is C15H27N5O4. The van der Waals surface area contributed by atoms with E-state index in [1.165, 1.54) is 0 Å². The predicted molar refractivity (Wildman–Crippen MR) is 88.8 cm³/mol. The number of aryl methyl sites for hydroxylation is 1. The van der Waals surface area contributed by atoms with Gasteiger partial charge in [-0.15, -0.1) is 0 Å². The molecule has 2 rings (SSSR count). The molecule has 24 heavy (non-hydrogen) atoms. The topological polar surface area (TPSA) is 102 Å². The molecule has 1 fully saturated rings. The quantitative estimate of drug-likeness (QED) is 0.649. The number of hydrogen-bond donors (Lipinski definition) is 2. The molecule has 9 nitrogen and oxygen atoms in total. The number of carboxylic acid groups (broad SMARTS) is 1. The van der Waals surface area contributed by atoms with Crippen LogP contribution in [0.25, 0.3) is 0 Å². The highest BCUT2D eigenvalue weighted by atomic mass is 16.3. The number of aliphatic hydroxyl groups is 1. The van der Waals surface area contributed by atoms with E-state index in [0.29, 0.717) is 31.9 Å². The molecule has 1 aromatic heterocycles. The normalized spacial score (nSPS) is 16.5. The van der Waals surface area contributed by atoms with Gasteiger partial charge in [-0.3, -0.25) is 14.5 Å². The zero-order chi connectivity index (χ0) is 18.1. The van der Waals surface area contributed by atoms with Gasteiger partial charge in [0.05, 0.1) is 18.6 Å². The van der Waals surface area contributed by atoms with Gasteiger partial charge in [-0.05, 0) is 14.1 Å². The first-order valence-corrected chi connectivity index (χ1v) is 7.77. The molecular weight excluding hydrogens is 314 g/mol. The van der Waals surface area contributed by atoms with Gasteiger partial charge in [0.1, 0.15) is 5.69 Å². The third-order valence-corrected chi connectivity index (χ3v) is 3.74. The van der Waals surface area contributed by atoms with Gasteiger partial charge in [-0.2, -0.15) is 0 Å². The summed E-state index contributed by atoms with van der Waals surface area (Å²) in [5.74, 6) is 0.0310. The molecule has 9 heteroatoms. The molecule has 2 N–H and O–H groups in total. The van der Waals surface area contributed by atoms with E-state index in [4.69, 9.17) is 9.90 Å². The van der Waals surface area contributed by atoms with Crippen molar-refractivity contribution < 1.29 is 19.8 Å². The highest BCUT2D eigenvalue weighted by Crippen LogP contribution is 2.08. The lowest BCUT2D eigenvalue weighted by atomic mass is 10.2. The van der Waals surface area contributed by atoms with Crippen LogP contribution in [0.4, 0.5) is 0 Å². The van der Waals surface area contributed by atoms with Crippen molar-refractivity contribution in [3.8, 4) is 0 Å². The summed E-state index contributed by atoms with van der Waals surface area (Å²) < 4.78 is 1.75. The third kappa shape index (κ3) is 6.26. The molecule has 0 radical (unpaired) electrons. The van der Waals surface area contributed by atoms with Crippen LogP contribution in [-0.4, -0.2) is 106 Å². The van der Waals surface area contributed by atoms with Gasteiger partial charge in [-0.1, -0.05) is 0 Å². The van der Waals surface area contributed by atoms with Crippen LogP contribution < -0.4 is 0 Å². The number of aromatic nitrogens is 2. The molecule has 0 bridgehead atoms. The number of nitrogens with zero attached hydrogens (tertiary/aromatic N) is 5. The Morgan fingerprint density at radius 3 is 2.42 bits per heavy atom. The number of likely N-dealkylation sites (N-methyl/N-ethyl adjacent to an activating group) is 1. The fourth-order valence-electron chi connectivity index (χ4n) is 2.64. The zero-order valence-electron chi connectivity index (χ0n) is 14.5. The number of β-amino-alcohol motifs (C(OH)–C–C–N with tert-alkyl or cyclic N) is 1. The second-order valence-electron chi connectivity index (χ2n) is 6.00. The van der Waals surface area contributed by atoms with Crippen molar-refractivity contribution in [3.05, 3.63) is 18.2 Å². The fourth-order valence-corrected chi connectivity index (χ4v) is 2.64. The van der Waals surface area contributed by atoms with Crippen LogP contribution in [0.5, 0.6) is 0 Å². The van der Waals surface area contributed by atoms with E-state index >= 15 is 0 Å². The van der Waals surface area contributed by atoms with Crippen molar-refractivity contribution >= 4 is 12.4 Å². The molecule has 1 saturated heterocycles. The van der Waals surface area contributed by atoms with Gasteiger partial charge in [-0.25, -0.2) is 4.98 Å². The maximum atomic E-state index is 12.3. The van der Waals surface area contributed by atoms with E-state index in [-0.39, 0.29) is 18.5 Å². The molecule has 136 valence electrons. The molecule has 1 aliphatic heterocycles. The lowest BCUT2D eigenvalue weighted by molar-refractivity contribution is -0.122. The number of imidazole rings is 1. The Balaban J connectivity index is 0.000000891. The van der Waals surface area contributed by atoms with Crippen molar-refractivity contribution in [1.29, 1.82) is 0 Å². The Kier molecular flexibility index (Phi) is 8.37. The Labute approximate surface area is 142 Å². The van der Waals surface area contributed by atoms with Crippen LogP contribution in [0.1, 0.15) is 10.5 Å². The van der Waals surface area contributed by atoms with E-state index in [0.717, 1.165) is 13.1 Å². The minimum atomic E-state index is -0.348. The SMILES string of the molecule is CN(C)CC(O)CN1CCN(C(=O)c2cncn2C)CC1.O=CO. The first-order chi connectivity index (χ1) is 11.4. The minimum Gasteiger partial charge on any atom is -0.483 e. The molecule has 0 spiro atoms. The number of amides is 1. The van der Waals surface area contributed by atoms with Gasteiger partial charge >= 0.3 is 0 Å². The first kappa shape index (κ1) is 20.1. The van der Waals surface area contributed by atoms with E-state index < -0.39 is 0 Å². The predicted octanol–water partition coefficient (Wildman–Crippen LogP) is -1.20. The number of hydrogen-bond acceptors (Lipinski definition) is 6. The van der Waals surface area contributed by atoms with Crippen molar-refractivity contribution in [1.82, 2.24) is 24.3 Å². The molecule has 1 aromatic rings. The van der Waals surface area contributed by atoms with Crippen molar-refractivity contribution in [2.24, 2.45) is 7.05 Å². The summed E-state index contributed by atoms with van der Waals surface area (Å²) in [5.41, 5.74) is 0.621. The standard InChI is InChI=1S/C14H25N5O2.CH2O2/c1-16(2)9-12(20)10-18-4-6-19(7-5-18)14(21)13-8-15-11-17(13)3;2-1-3/h8,11-12,20H,4-7,9-10H2,1-3H3;1H,(H,2,3). The maximum absolute atomic E-state index is 12.3. The Bertz CT molecular complexity index is 512. The Hall–Kier alpha value is -1.97. The smallest absolute Gasteiger partial charge is 0.290 e. The van der Waals surface area contributed by atoms with Crippen LogP contribution >= 0.6 is 0 Å². The molecule has 2 heterocycles. The number of piperazine rings is 1. The monoisotopic (exact) mass is 341 g/mol. The van der Waals surface area contributed by atoms with E-state index in [2.05, 4.69) is 9.88 Å². The van der Waals surface area contributed by atoms with Crippen LogP contribution in [0, 0.1) is 0 Å². The maximum Gasteiger partial charge on any atom is 0.290 e. The highest BCUT2D eigenvalue weighted by molar-refractivity contribution is 5.92. The zero-order valence-corrected chi connectivity index (χ0v) is 14.5. The molecule has 1 aliphatic rings. The molecule has 1 amide bonds. The molecule has 1 atom stereocenters. The number of carbonyl (C=O) groups is 2. The first-order valence-electron chi connectivity index (χ1n) is 7.77. The van der Waals surface area contributed by atoms with Gasteiger partial charge in [0.2, 0.25) is 0 Å². The average molecular weight is 341 g/mol. The molecule has 0 aromatic carbocycles. The van der Waals surface area contributed by atoms with Crippen LogP contribution in [0.3, 0.4) is 0 Å². The van der Waals surface area contributed by atoms with Crippen molar-refractivity contribution in [2.45, 2.75) is 6.10 Å². The largest absolute Gasteiger partial charge is 0.483 e. The fraction of sp³-hybridized carbons (Fsp3) is 0.667. The minimum absolute atomic E-state index is 0.0310. The van der Waals surface area contributed by atoms with Gasteiger partial charge in [0.15, 0.2) is 0 Å². The summed E-state index contributed by atoms with van der Waals surface area (Å²) in [6.45, 7) is 4.06. The molecule has 0 aliphatic carbocycles. The Morgan fingerprint density at radius 2 is 1.96 bits per heavy atom. The molecule has 0 saturated carbocycles. The van der Waals surface area contributed by atoms with Gasteiger partial charge in [0.25, 0.3) is 12.4 Å².